The van der Waals surface area contributed by atoms with E-state index < -0.39 is 0 Å². The molecule has 25 heavy (non-hydrogen) atoms. The number of hydrogen-bond donors (Lipinski definition) is 0. The Labute approximate surface area is 147 Å². The highest BCUT2D eigenvalue weighted by Crippen LogP contribution is 2.35. The zero-order valence-electron chi connectivity index (χ0n) is 14.7. The van der Waals surface area contributed by atoms with Gasteiger partial charge in [0.15, 0.2) is 0 Å². The molecule has 2 aromatic rings. The molecule has 6 nitrogen and oxygen atoms in total. The van der Waals surface area contributed by atoms with Gasteiger partial charge in [0.1, 0.15) is 5.76 Å². The number of furan rings is 1. The van der Waals surface area contributed by atoms with Crippen molar-refractivity contribution in [2.45, 2.75) is 38.3 Å². The van der Waals surface area contributed by atoms with Crippen LogP contribution in [0.1, 0.15) is 48.3 Å². The van der Waals surface area contributed by atoms with E-state index in [4.69, 9.17) is 13.9 Å². The van der Waals surface area contributed by atoms with Crippen LogP contribution in [0.4, 0.5) is 0 Å². The zero-order chi connectivity index (χ0) is 17.6. The number of ether oxygens (including phenoxy) is 2. The van der Waals surface area contributed by atoms with Gasteiger partial charge in [0.25, 0.3) is 5.91 Å². The van der Waals surface area contributed by atoms with Crippen molar-refractivity contribution in [3.05, 3.63) is 48.0 Å². The van der Waals surface area contributed by atoms with Crippen LogP contribution in [0, 0.1) is 0 Å². The molecule has 2 heterocycles. The van der Waals surface area contributed by atoms with Crippen molar-refractivity contribution in [2.75, 3.05) is 20.3 Å². The lowest BCUT2D eigenvalue weighted by molar-refractivity contribution is 0.0652. The first-order valence-electron chi connectivity index (χ1n) is 8.64. The first kappa shape index (κ1) is 17.5. The van der Waals surface area contributed by atoms with Crippen LogP contribution in [-0.2, 0) is 4.74 Å². The van der Waals surface area contributed by atoms with Crippen LogP contribution in [0.5, 0.6) is 5.88 Å². The molecule has 1 atom stereocenters. The summed E-state index contributed by atoms with van der Waals surface area (Å²) >= 11 is 0. The number of nitrogens with zero attached hydrogens (tertiary/aromatic N) is 2. The molecule has 1 fully saturated rings. The summed E-state index contributed by atoms with van der Waals surface area (Å²) in [6, 6.07) is 7.44. The number of rotatable bonds is 9. The number of methoxy groups -OCH3 is 1. The fraction of sp³-hybridized carbons (Fsp3) is 0.474. The van der Waals surface area contributed by atoms with Crippen molar-refractivity contribution in [3.63, 3.8) is 0 Å². The van der Waals surface area contributed by atoms with Crippen molar-refractivity contribution in [2.24, 2.45) is 0 Å². The first-order chi connectivity index (χ1) is 12.2. The molecule has 0 aliphatic heterocycles. The second-order valence-corrected chi connectivity index (χ2v) is 6.21. The Morgan fingerprint density at radius 1 is 1.36 bits per heavy atom. The van der Waals surface area contributed by atoms with Gasteiger partial charge in [0.05, 0.1) is 24.5 Å². The summed E-state index contributed by atoms with van der Waals surface area (Å²) in [6.45, 7) is 3.19. The summed E-state index contributed by atoms with van der Waals surface area (Å²) < 4.78 is 16.0. The standard InChI is InChI=1S/C19H24N2O4/c1-14(17-5-3-11-24-17)21(16-7-8-16)19(22)15-6-9-18(20-13-15)25-12-4-10-23-2/h3,5-6,9,11,13-14,16H,4,7-8,10,12H2,1-2H3/t14-/m0/s1. The Bertz CT molecular complexity index is 665. The van der Waals surface area contributed by atoms with Crippen molar-refractivity contribution >= 4 is 5.91 Å². The Kier molecular flexibility index (Phi) is 5.71. The molecule has 0 spiro atoms. The fourth-order valence-electron chi connectivity index (χ4n) is 2.80. The van der Waals surface area contributed by atoms with Crippen LogP contribution < -0.4 is 4.74 Å². The molecule has 2 aromatic heterocycles. The van der Waals surface area contributed by atoms with E-state index in [0.29, 0.717) is 24.7 Å². The number of amides is 1. The smallest absolute Gasteiger partial charge is 0.256 e. The van der Waals surface area contributed by atoms with Crippen molar-refractivity contribution in [3.8, 4) is 5.88 Å². The van der Waals surface area contributed by atoms with Gasteiger partial charge in [-0.3, -0.25) is 4.79 Å². The van der Waals surface area contributed by atoms with E-state index in [0.717, 1.165) is 25.0 Å². The summed E-state index contributed by atoms with van der Waals surface area (Å²) in [7, 11) is 1.66. The fourth-order valence-corrected chi connectivity index (χ4v) is 2.80. The van der Waals surface area contributed by atoms with Gasteiger partial charge in [-0.15, -0.1) is 0 Å². The maximum absolute atomic E-state index is 13.0. The number of pyridine rings is 1. The van der Waals surface area contributed by atoms with Gasteiger partial charge in [-0.2, -0.15) is 0 Å². The third kappa shape index (κ3) is 4.39. The maximum Gasteiger partial charge on any atom is 0.256 e. The van der Waals surface area contributed by atoms with Gasteiger partial charge < -0.3 is 18.8 Å². The Morgan fingerprint density at radius 3 is 2.80 bits per heavy atom. The van der Waals surface area contributed by atoms with E-state index in [9.17, 15) is 4.79 Å². The van der Waals surface area contributed by atoms with Gasteiger partial charge in [-0.05, 0) is 38.0 Å². The monoisotopic (exact) mass is 344 g/mol. The summed E-state index contributed by atoms with van der Waals surface area (Å²) in [5.41, 5.74) is 0.564. The van der Waals surface area contributed by atoms with Crippen molar-refractivity contribution in [1.82, 2.24) is 9.88 Å². The average molecular weight is 344 g/mol. The molecule has 1 aliphatic carbocycles. The molecule has 0 N–H and O–H groups in total. The molecule has 6 heteroatoms. The average Bonchev–Trinajstić information content (AvgIpc) is 3.31. The lowest BCUT2D eigenvalue weighted by Crippen LogP contribution is -2.35. The highest BCUT2D eigenvalue weighted by Gasteiger charge is 2.37. The number of carbonyl (C=O) groups excluding carboxylic acids is 1. The number of hydrogen-bond acceptors (Lipinski definition) is 5. The molecule has 0 radical (unpaired) electrons. The maximum atomic E-state index is 13.0. The van der Waals surface area contributed by atoms with Gasteiger partial charge >= 0.3 is 0 Å². The topological polar surface area (TPSA) is 64.8 Å². The van der Waals surface area contributed by atoms with Gasteiger partial charge in [0, 0.05) is 38.4 Å². The van der Waals surface area contributed by atoms with Gasteiger partial charge in [-0.1, -0.05) is 0 Å². The molecule has 0 unspecified atom stereocenters. The summed E-state index contributed by atoms with van der Waals surface area (Å²) in [6.07, 6.45) is 6.09. The summed E-state index contributed by atoms with van der Waals surface area (Å²) in [5, 5.41) is 0. The van der Waals surface area contributed by atoms with E-state index in [1.165, 1.54) is 0 Å². The van der Waals surface area contributed by atoms with E-state index in [-0.39, 0.29) is 18.0 Å². The normalized spacial score (nSPS) is 15.0. The van der Waals surface area contributed by atoms with E-state index >= 15 is 0 Å². The molecular formula is C19H24N2O4. The van der Waals surface area contributed by atoms with Crippen molar-refractivity contribution in [1.29, 1.82) is 0 Å². The molecule has 1 amide bonds. The van der Waals surface area contributed by atoms with Crippen LogP contribution in [0.3, 0.4) is 0 Å². The molecule has 0 aromatic carbocycles. The highest BCUT2D eigenvalue weighted by atomic mass is 16.5. The lowest BCUT2D eigenvalue weighted by Gasteiger charge is -2.28. The molecule has 0 saturated heterocycles. The highest BCUT2D eigenvalue weighted by molar-refractivity contribution is 5.94. The van der Waals surface area contributed by atoms with E-state index in [1.807, 2.05) is 24.0 Å². The zero-order valence-corrected chi connectivity index (χ0v) is 14.7. The summed E-state index contributed by atoms with van der Waals surface area (Å²) in [4.78, 5) is 19.1. The molecule has 134 valence electrons. The predicted octanol–water partition coefficient (Wildman–Crippen LogP) is 3.46. The van der Waals surface area contributed by atoms with Gasteiger partial charge in [0.2, 0.25) is 5.88 Å². The SMILES string of the molecule is COCCCOc1ccc(C(=O)N(C2CC2)[C@@H](C)c2ccco2)cn1. The number of carbonyl (C=O) groups is 1. The predicted molar refractivity (Wildman–Crippen MR) is 92.5 cm³/mol. The van der Waals surface area contributed by atoms with Gasteiger partial charge in [-0.25, -0.2) is 4.98 Å². The number of aromatic nitrogens is 1. The molecule has 0 bridgehead atoms. The van der Waals surface area contributed by atoms with Crippen LogP contribution in [0.15, 0.2) is 41.1 Å². The third-order valence-corrected chi connectivity index (χ3v) is 4.27. The minimum atomic E-state index is -0.0972. The Hall–Kier alpha value is -2.34. The largest absolute Gasteiger partial charge is 0.478 e. The Balaban J connectivity index is 1.66. The van der Waals surface area contributed by atoms with Crippen molar-refractivity contribution < 1.29 is 18.7 Å². The van der Waals surface area contributed by atoms with Crippen LogP contribution in [0.25, 0.3) is 0 Å². The van der Waals surface area contributed by atoms with Crippen LogP contribution in [0.2, 0.25) is 0 Å². The third-order valence-electron chi connectivity index (χ3n) is 4.27. The summed E-state index contributed by atoms with van der Waals surface area (Å²) in [5.74, 6) is 1.29. The quantitative estimate of drug-likeness (QED) is 0.652. The molecule has 1 saturated carbocycles. The minimum Gasteiger partial charge on any atom is -0.478 e. The van der Waals surface area contributed by atoms with Crippen LogP contribution in [-0.4, -0.2) is 42.2 Å². The second-order valence-electron chi connectivity index (χ2n) is 6.21. The molecule has 1 aliphatic rings. The van der Waals surface area contributed by atoms with E-state index in [1.54, 1.807) is 31.7 Å². The minimum absolute atomic E-state index is 0.0233. The lowest BCUT2D eigenvalue weighted by atomic mass is 10.1. The van der Waals surface area contributed by atoms with Crippen LogP contribution >= 0.6 is 0 Å². The second kappa shape index (κ2) is 8.16. The van der Waals surface area contributed by atoms with E-state index in [2.05, 4.69) is 4.98 Å². The Morgan fingerprint density at radius 2 is 2.20 bits per heavy atom. The molecule has 3 rings (SSSR count). The molecular weight excluding hydrogens is 320 g/mol. The first-order valence-corrected chi connectivity index (χ1v) is 8.64.